The molecular weight excluding hydrogens is 272 g/mol. The summed E-state index contributed by atoms with van der Waals surface area (Å²) in [5.41, 5.74) is 1.06. The highest BCUT2D eigenvalue weighted by molar-refractivity contribution is 9.10. The van der Waals surface area contributed by atoms with E-state index in [1.807, 2.05) is 24.3 Å². The van der Waals surface area contributed by atoms with Gasteiger partial charge in [-0.25, -0.2) is 0 Å². The van der Waals surface area contributed by atoms with Gasteiger partial charge < -0.3 is 4.52 Å². The van der Waals surface area contributed by atoms with E-state index in [0.717, 1.165) is 10.0 Å². The summed E-state index contributed by atoms with van der Waals surface area (Å²) in [4.78, 5) is 15.0. The Morgan fingerprint density at radius 3 is 2.62 bits per heavy atom. The molecule has 1 aromatic heterocycles. The van der Waals surface area contributed by atoms with E-state index < -0.39 is 0 Å². The molecule has 0 unspecified atom stereocenters. The van der Waals surface area contributed by atoms with E-state index in [2.05, 4.69) is 26.1 Å². The molecule has 0 saturated heterocycles. The highest BCUT2D eigenvalue weighted by atomic mass is 79.9. The minimum atomic E-state index is -0.189. The van der Waals surface area contributed by atoms with Gasteiger partial charge in [0.1, 0.15) is 0 Å². The number of ketones is 1. The fraction of sp³-hybridized carbons (Fsp3) is 0.182. The Hall–Kier alpha value is -1.49. The van der Waals surface area contributed by atoms with Crippen LogP contribution in [0.2, 0.25) is 0 Å². The Labute approximate surface area is 101 Å². The van der Waals surface area contributed by atoms with Gasteiger partial charge in [-0.15, -0.1) is 0 Å². The molecule has 0 N–H and O–H groups in total. The quantitative estimate of drug-likeness (QED) is 0.811. The number of carbonyl (C=O) groups excluding carboxylic acids is 1. The zero-order chi connectivity index (χ0) is 11.5. The smallest absolute Gasteiger partial charge is 0.238 e. The van der Waals surface area contributed by atoms with Crippen LogP contribution in [0.3, 0.4) is 0 Å². The molecule has 82 valence electrons. The number of nitrogens with zero attached hydrogens (tertiary/aromatic N) is 2. The lowest BCUT2D eigenvalue weighted by Crippen LogP contribution is -1.95. The van der Waals surface area contributed by atoms with Crippen LogP contribution in [0.5, 0.6) is 0 Å². The fourth-order valence-electron chi connectivity index (χ4n) is 1.25. The molecule has 0 bridgehead atoms. The summed E-state index contributed by atoms with van der Waals surface area (Å²) in [6, 6.07) is 7.80. The van der Waals surface area contributed by atoms with E-state index in [1.165, 1.54) is 6.92 Å². The number of hydrogen-bond donors (Lipinski definition) is 0. The van der Waals surface area contributed by atoms with Crippen LogP contribution in [-0.2, 0) is 6.42 Å². The van der Waals surface area contributed by atoms with E-state index >= 15 is 0 Å². The van der Waals surface area contributed by atoms with Crippen molar-refractivity contribution in [1.29, 1.82) is 0 Å². The number of aromatic nitrogens is 2. The van der Waals surface area contributed by atoms with Crippen LogP contribution < -0.4 is 0 Å². The molecular formula is C11H9BrN2O2. The number of benzene rings is 1. The Morgan fingerprint density at radius 1 is 1.38 bits per heavy atom. The molecule has 0 aliphatic heterocycles. The van der Waals surface area contributed by atoms with Crippen molar-refractivity contribution in [2.75, 3.05) is 0 Å². The van der Waals surface area contributed by atoms with Crippen LogP contribution >= 0.6 is 15.9 Å². The van der Waals surface area contributed by atoms with Gasteiger partial charge >= 0.3 is 0 Å². The van der Waals surface area contributed by atoms with Crippen molar-refractivity contribution in [2.45, 2.75) is 13.3 Å². The molecule has 0 amide bonds. The van der Waals surface area contributed by atoms with Crippen LogP contribution in [0, 0.1) is 0 Å². The van der Waals surface area contributed by atoms with Gasteiger partial charge in [-0.3, -0.25) is 4.79 Å². The number of Topliss-reactive ketones (excluding diaryl/α,β-unsaturated/α-hetero) is 1. The van der Waals surface area contributed by atoms with Gasteiger partial charge in [-0.1, -0.05) is 33.2 Å². The molecule has 1 heterocycles. The van der Waals surface area contributed by atoms with Gasteiger partial charge in [0.25, 0.3) is 0 Å². The van der Waals surface area contributed by atoms with Crippen molar-refractivity contribution in [2.24, 2.45) is 0 Å². The topological polar surface area (TPSA) is 56.0 Å². The average Bonchev–Trinajstić information content (AvgIpc) is 2.70. The maximum Gasteiger partial charge on any atom is 0.238 e. The Kier molecular flexibility index (Phi) is 3.14. The van der Waals surface area contributed by atoms with Gasteiger partial charge in [0.2, 0.25) is 17.5 Å². The van der Waals surface area contributed by atoms with Gasteiger partial charge in [0, 0.05) is 11.4 Å². The maximum atomic E-state index is 11.0. The van der Waals surface area contributed by atoms with Crippen LogP contribution in [0.15, 0.2) is 33.3 Å². The summed E-state index contributed by atoms with van der Waals surface area (Å²) in [5, 5.41) is 3.58. The lowest BCUT2D eigenvalue weighted by molar-refractivity contribution is 0.100. The summed E-state index contributed by atoms with van der Waals surface area (Å²) in [7, 11) is 0. The van der Waals surface area contributed by atoms with E-state index in [9.17, 15) is 4.79 Å². The molecule has 0 atom stereocenters. The van der Waals surface area contributed by atoms with Crippen molar-refractivity contribution in [3.05, 3.63) is 46.0 Å². The monoisotopic (exact) mass is 280 g/mol. The molecule has 0 aliphatic rings. The molecule has 0 spiro atoms. The molecule has 4 nitrogen and oxygen atoms in total. The van der Waals surface area contributed by atoms with Crippen molar-refractivity contribution in [1.82, 2.24) is 10.1 Å². The number of halogens is 1. The Morgan fingerprint density at radius 2 is 2.06 bits per heavy atom. The second-order valence-corrected chi connectivity index (χ2v) is 4.29. The standard InChI is InChI=1S/C11H9BrN2O2/c1-7(15)11-13-10(16-14-11)6-8-2-4-9(12)5-3-8/h2-5H,6H2,1H3. The first-order valence-corrected chi connectivity index (χ1v) is 5.52. The number of hydrogen-bond acceptors (Lipinski definition) is 4. The van der Waals surface area contributed by atoms with E-state index in [1.54, 1.807) is 0 Å². The first-order valence-electron chi connectivity index (χ1n) is 4.73. The fourth-order valence-corrected chi connectivity index (χ4v) is 1.51. The second kappa shape index (κ2) is 4.57. The van der Waals surface area contributed by atoms with Gasteiger partial charge in [-0.05, 0) is 17.7 Å². The molecule has 1 aromatic carbocycles. The summed E-state index contributed by atoms with van der Waals surface area (Å²) in [5.74, 6) is 0.394. The zero-order valence-electron chi connectivity index (χ0n) is 8.61. The highest BCUT2D eigenvalue weighted by Crippen LogP contribution is 2.13. The zero-order valence-corrected chi connectivity index (χ0v) is 10.2. The van der Waals surface area contributed by atoms with Gasteiger partial charge in [0.15, 0.2) is 0 Å². The van der Waals surface area contributed by atoms with Crippen LogP contribution in [0.1, 0.15) is 29.0 Å². The predicted molar refractivity (Wildman–Crippen MR) is 61.3 cm³/mol. The maximum absolute atomic E-state index is 11.0. The summed E-state index contributed by atoms with van der Waals surface area (Å²) >= 11 is 3.36. The van der Waals surface area contributed by atoms with Crippen molar-refractivity contribution < 1.29 is 9.32 Å². The SMILES string of the molecule is CC(=O)c1noc(Cc2ccc(Br)cc2)n1. The molecule has 2 aromatic rings. The van der Waals surface area contributed by atoms with E-state index in [0.29, 0.717) is 12.3 Å². The summed E-state index contributed by atoms with van der Waals surface area (Å²) in [6.07, 6.45) is 0.535. The third-order valence-corrected chi connectivity index (χ3v) is 2.58. The first kappa shape index (κ1) is 11.0. The largest absolute Gasteiger partial charge is 0.339 e. The highest BCUT2D eigenvalue weighted by Gasteiger charge is 2.10. The predicted octanol–water partition coefficient (Wildman–Crippen LogP) is 2.63. The minimum Gasteiger partial charge on any atom is -0.339 e. The van der Waals surface area contributed by atoms with Gasteiger partial charge in [0.05, 0.1) is 6.42 Å². The third-order valence-electron chi connectivity index (χ3n) is 2.05. The Bertz CT molecular complexity index is 505. The minimum absolute atomic E-state index is 0.132. The van der Waals surface area contributed by atoms with Crippen molar-refractivity contribution in [3.8, 4) is 0 Å². The Balaban J connectivity index is 2.14. The number of rotatable bonds is 3. The number of carbonyl (C=O) groups is 1. The molecule has 0 saturated carbocycles. The summed E-state index contributed by atoms with van der Waals surface area (Å²) in [6.45, 7) is 1.41. The van der Waals surface area contributed by atoms with Crippen molar-refractivity contribution >= 4 is 21.7 Å². The molecule has 0 fully saturated rings. The van der Waals surface area contributed by atoms with E-state index in [4.69, 9.17) is 4.52 Å². The molecule has 0 radical (unpaired) electrons. The van der Waals surface area contributed by atoms with Gasteiger partial charge in [-0.2, -0.15) is 4.98 Å². The molecule has 0 aliphatic carbocycles. The average molecular weight is 281 g/mol. The molecule has 16 heavy (non-hydrogen) atoms. The lowest BCUT2D eigenvalue weighted by atomic mass is 10.1. The third kappa shape index (κ3) is 2.55. The lowest BCUT2D eigenvalue weighted by Gasteiger charge is -1.96. The van der Waals surface area contributed by atoms with Crippen LogP contribution in [0.25, 0.3) is 0 Å². The summed E-state index contributed by atoms with van der Waals surface area (Å²) < 4.78 is 5.99. The van der Waals surface area contributed by atoms with Crippen LogP contribution in [-0.4, -0.2) is 15.9 Å². The first-order chi connectivity index (χ1) is 7.65. The van der Waals surface area contributed by atoms with Crippen molar-refractivity contribution in [3.63, 3.8) is 0 Å². The second-order valence-electron chi connectivity index (χ2n) is 3.37. The molecule has 2 rings (SSSR count). The van der Waals surface area contributed by atoms with Crippen LogP contribution in [0.4, 0.5) is 0 Å². The normalized spacial score (nSPS) is 10.4. The molecule has 5 heteroatoms. The van der Waals surface area contributed by atoms with E-state index in [-0.39, 0.29) is 11.6 Å².